The van der Waals surface area contributed by atoms with Crippen LogP contribution in [0, 0.1) is 5.41 Å². The van der Waals surface area contributed by atoms with Crippen molar-refractivity contribution in [2.24, 2.45) is 5.41 Å². The minimum absolute atomic E-state index is 0.0406. The predicted octanol–water partition coefficient (Wildman–Crippen LogP) is 4.10. The first-order valence-electron chi connectivity index (χ1n) is 5.94. The fourth-order valence-corrected chi connectivity index (χ4v) is 2.11. The van der Waals surface area contributed by atoms with Crippen molar-refractivity contribution in [2.45, 2.75) is 26.2 Å². The molecule has 1 aliphatic heterocycles. The number of benzene rings is 1. The molecule has 1 aliphatic rings. The maximum absolute atomic E-state index is 12.7. The van der Waals surface area contributed by atoms with E-state index in [-0.39, 0.29) is 18.3 Å². The standard InChI is InChI=1S/C13H11F6NO/c1-11(2)6-20(10(11)21)9-4-7(12(14,15)16)3-8(5-9)13(17,18)19/h3-5H,6H2,1-2H3. The SMILES string of the molecule is CC1(C)CN(c2cc(C(F)(F)F)cc(C(F)(F)F)c2)C1=O. The molecule has 8 heteroatoms. The highest BCUT2D eigenvalue weighted by atomic mass is 19.4. The summed E-state index contributed by atoms with van der Waals surface area (Å²) in [4.78, 5) is 12.7. The lowest BCUT2D eigenvalue weighted by Gasteiger charge is -2.44. The molecule has 1 saturated heterocycles. The molecule has 0 N–H and O–H groups in total. The molecular weight excluding hydrogens is 300 g/mol. The quantitative estimate of drug-likeness (QED) is 0.565. The minimum atomic E-state index is -4.92. The number of hydrogen-bond donors (Lipinski definition) is 0. The highest BCUT2D eigenvalue weighted by Gasteiger charge is 2.46. The van der Waals surface area contributed by atoms with E-state index in [1.165, 1.54) is 0 Å². The summed E-state index contributed by atoms with van der Waals surface area (Å²) in [5, 5.41) is 0. The number of carbonyl (C=O) groups excluding carboxylic acids is 1. The molecule has 0 spiro atoms. The van der Waals surface area contributed by atoms with Crippen LogP contribution in [-0.2, 0) is 17.1 Å². The molecule has 1 aromatic carbocycles. The number of carbonyl (C=O) groups is 1. The average Bonchev–Trinajstić information content (AvgIpc) is 2.33. The summed E-state index contributed by atoms with van der Waals surface area (Å²) in [6, 6.07) is 1.16. The maximum atomic E-state index is 12.7. The van der Waals surface area contributed by atoms with E-state index >= 15 is 0 Å². The van der Waals surface area contributed by atoms with Crippen molar-refractivity contribution in [3.05, 3.63) is 29.3 Å². The highest BCUT2D eigenvalue weighted by Crippen LogP contribution is 2.41. The monoisotopic (exact) mass is 311 g/mol. The molecule has 1 aromatic rings. The molecule has 0 atom stereocenters. The van der Waals surface area contributed by atoms with Gasteiger partial charge in [0.2, 0.25) is 5.91 Å². The van der Waals surface area contributed by atoms with Crippen molar-refractivity contribution >= 4 is 11.6 Å². The zero-order chi connectivity index (χ0) is 16.2. The molecule has 1 fully saturated rings. The first kappa shape index (κ1) is 15.7. The Kier molecular flexibility index (Phi) is 3.27. The Bertz CT molecular complexity index is 555. The smallest absolute Gasteiger partial charge is 0.311 e. The fraction of sp³-hybridized carbons (Fsp3) is 0.462. The van der Waals surface area contributed by atoms with E-state index < -0.39 is 34.8 Å². The number of nitrogens with zero attached hydrogens (tertiary/aromatic N) is 1. The van der Waals surface area contributed by atoms with Crippen LogP contribution >= 0.6 is 0 Å². The van der Waals surface area contributed by atoms with Gasteiger partial charge in [-0.05, 0) is 32.0 Å². The van der Waals surface area contributed by atoms with Crippen molar-refractivity contribution in [1.82, 2.24) is 0 Å². The first-order chi connectivity index (χ1) is 9.32. The van der Waals surface area contributed by atoms with Gasteiger partial charge in [0, 0.05) is 12.2 Å². The van der Waals surface area contributed by atoms with Gasteiger partial charge in [0.1, 0.15) is 0 Å². The molecule has 0 aromatic heterocycles. The highest BCUT2D eigenvalue weighted by molar-refractivity contribution is 6.04. The summed E-state index contributed by atoms with van der Waals surface area (Å²) in [6.07, 6.45) is -9.83. The summed E-state index contributed by atoms with van der Waals surface area (Å²) in [7, 11) is 0. The van der Waals surface area contributed by atoms with Gasteiger partial charge in [-0.25, -0.2) is 0 Å². The van der Waals surface area contributed by atoms with E-state index in [1.54, 1.807) is 13.8 Å². The lowest BCUT2D eigenvalue weighted by Crippen LogP contribution is -2.58. The van der Waals surface area contributed by atoms with Crippen LogP contribution in [-0.4, -0.2) is 12.5 Å². The number of amides is 1. The zero-order valence-corrected chi connectivity index (χ0v) is 11.1. The van der Waals surface area contributed by atoms with Crippen molar-refractivity contribution in [3.63, 3.8) is 0 Å². The van der Waals surface area contributed by atoms with Gasteiger partial charge in [-0.1, -0.05) is 0 Å². The van der Waals surface area contributed by atoms with Gasteiger partial charge in [0.25, 0.3) is 0 Å². The molecule has 0 radical (unpaired) electrons. The topological polar surface area (TPSA) is 20.3 Å². The number of β-lactam (4-membered cyclic amide) rings is 1. The van der Waals surface area contributed by atoms with Crippen molar-refractivity contribution in [3.8, 4) is 0 Å². The Morgan fingerprint density at radius 2 is 1.38 bits per heavy atom. The molecule has 0 bridgehead atoms. The summed E-state index contributed by atoms with van der Waals surface area (Å²) < 4.78 is 76.2. The van der Waals surface area contributed by atoms with Crippen LogP contribution < -0.4 is 4.90 Å². The second-order valence-electron chi connectivity index (χ2n) is 5.54. The third kappa shape index (κ3) is 2.84. The van der Waals surface area contributed by atoms with Gasteiger partial charge in [0.15, 0.2) is 0 Å². The van der Waals surface area contributed by atoms with Gasteiger partial charge >= 0.3 is 12.4 Å². The van der Waals surface area contributed by atoms with E-state index in [2.05, 4.69) is 0 Å². The van der Waals surface area contributed by atoms with Gasteiger partial charge in [0.05, 0.1) is 16.5 Å². The fourth-order valence-electron chi connectivity index (χ4n) is 2.11. The molecular formula is C13H11F6NO. The van der Waals surface area contributed by atoms with E-state index in [9.17, 15) is 31.1 Å². The lowest BCUT2D eigenvalue weighted by atomic mass is 9.82. The van der Waals surface area contributed by atoms with Gasteiger partial charge < -0.3 is 4.90 Å². The van der Waals surface area contributed by atoms with Crippen molar-refractivity contribution < 1.29 is 31.1 Å². The molecule has 0 saturated carbocycles. The second-order valence-corrected chi connectivity index (χ2v) is 5.54. The van der Waals surface area contributed by atoms with Crippen LogP contribution in [0.1, 0.15) is 25.0 Å². The summed E-state index contributed by atoms with van der Waals surface area (Å²) in [5.41, 5.74) is -4.01. The Labute approximate surface area is 116 Å². The number of anilines is 1. The van der Waals surface area contributed by atoms with Crippen LogP contribution in [0.3, 0.4) is 0 Å². The predicted molar refractivity (Wildman–Crippen MR) is 62.6 cm³/mol. The van der Waals surface area contributed by atoms with E-state index in [0.29, 0.717) is 12.1 Å². The normalized spacial score (nSPS) is 18.7. The molecule has 2 nitrogen and oxygen atoms in total. The van der Waals surface area contributed by atoms with Crippen LogP contribution in [0.15, 0.2) is 18.2 Å². The Morgan fingerprint density at radius 1 is 0.952 bits per heavy atom. The third-order valence-corrected chi connectivity index (χ3v) is 3.26. The number of rotatable bonds is 1. The first-order valence-corrected chi connectivity index (χ1v) is 5.94. The van der Waals surface area contributed by atoms with Crippen LogP contribution in [0.5, 0.6) is 0 Å². The molecule has 0 unspecified atom stereocenters. The van der Waals surface area contributed by atoms with E-state index in [4.69, 9.17) is 0 Å². The van der Waals surface area contributed by atoms with E-state index in [0.717, 1.165) is 4.90 Å². The van der Waals surface area contributed by atoms with E-state index in [1.807, 2.05) is 0 Å². The van der Waals surface area contributed by atoms with Gasteiger partial charge in [-0.3, -0.25) is 4.79 Å². The molecule has 1 amide bonds. The van der Waals surface area contributed by atoms with Gasteiger partial charge in [-0.15, -0.1) is 0 Å². The average molecular weight is 311 g/mol. The maximum Gasteiger partial charge on any atom is 0.416 e. The lowest BCUT2D eigenvalue weighted by molar-refractivity contribution is -0.143. The number of halogens is 6. The minimum Gasteiger partial charge on any atom is -0.311 e. The molecule has 2 rings (SSSR count). The van der Waals surface area contributed by atoms with Crippen molar-refractivity contribution in [1.29, 1.82) is 0 Å². The Balaban J connectivity index is 2.50. The molecule has 0 aliphatic carbocycles. The van der Waals surface area contributed by atoms with Crippen molar-refractivity contribution in [2.75, 3.05) is 11.4 Å². The van der Waals surface area contributed by atoms with Crippen LogP contribution in [0.2, 0.25) is 0 Å². The molecule has 21 heavy (non-hydrogen) atoms. The summed E-state index contributed by atoms with van der Waals surface area (Å²) in [6.45, 7) is 3.22. The number of hydrogen-bond acceptors (Lipinski definition) is 1. The van der Waals surface area contributed by atoms with Crippen LogP contribution in [0.4, 0.5) is 32.0 Å². The van der Waals surface area contributed by atoms with Gasteiger partial charge in [-0.2, -0.15) is 26.3 Å². The largest absolute Gasteiger partial charge is 0.416 e. The zero-order valence-electron chi connectivity index (χ0n) is 11.1. The molecule has 116 valence electrons. The van der Waals surface area contributed by atoms with Crippen LogP contribution in [0.25, 0.3) is 0 Å². The molecule has 1 heterocycles. The summed E-state index contributed by atoms with van der Waals surface area (Å²) >= 11 is 0. The Morgan fingerprint density at radius 3 is 1.67 bits per heavy atom. The number of alkyl halides is 6. The second kappa shape index (κ2) is 4.38. The summed E-state index contributed by atoms with van der Waals surface area (Å²) in [5.74, 6) is -0.505. The third-order valence-electron chi connectivity index (χ3n) is 3.26. The Hall–Kier alpha value is -1.73.